The van der Waals surface area contributed by atoms with Gasteiger partial charge in [0.1, 0.15) is 17.3 Å². The number of alkyl carbamates (subject to hydrolysis) is 3. The van der Waals surface area contributed by atoms with Gasteiger partial charge in [0.25, 0.3) is 0 Å². The van der Waals surface area contributed by atoms with Crippen molar-refractivity contribution < 1.29 is 28.6 Å². The predicted molar refractivity (Wildman–Crippen MR) is 148 cm³/mol. The van der Waals surface area contributed by atoms with Gasteiger partial charge in [0.15, 0.2) is 0 Å². The maximum absolute atomic E-state index is 11.6. The molecule has 12 heteroatoms. The summed E-state index contributed by atoms with van der Waals surface area (Å²) in [6, 6.07) is 14.0. The van der Waals surface area contributed by atoms with E-state index in [-0.39, 0.29) is 24.9 Å². The van der Waals surface area contributed by atoms with E-state index < -0.39 is 23.9 Å². The van der Waals surface area contributed by atoms with E-state index in [2.05, 4.69) is 20.7 Å². The fraction of sp³-hybridized carbons (Fsp3) is 0.370. The van der Waals surface area contributed by atoms with Crippen LogP contribution < -0.4 is 21.7 Å². The summed E-state index contributed by atoms with van der Waals surface area (Å²) in [4.78, 5) is 33.9. The lowest BCUT2D eigenvalue weighted by atomic mass is 10.1. The lowest BCUT2D eigenvalue weighted by Gasteiger charge is -2.19. The van der Waals surface area contributed by atoms with E-state index in [1.165, 1.54) is 0 Å². The van der Waals surface area contributed by atoms with Crippen molar-refractivity contribution in [2.75, 3.05) is 13.2 Å². The summed E-state index contributed by atoms with van der Waals surface area (Å²) >= 11 is 0. The number of carbonyl (C=O) groups excluding carboxylic acids is 3. The molecule has 0 atom stereocenters. The Kier molecular flexibility index (Phi) is 13.7. The van der Waals surface area contributed by atoms with Crippen molar-refractivity contribution in [3.63, 3.8) is 0 Å². The zero-order chi connectivity index (χ0) is 29.4. The molecule has 12 nitrogen and oxygen atoms in total. The summed E-state index contributed by atoms with van der Waals surface area (Å²) < 4.78 is 14.5. The van der Waals surface area contributed by atoms with E-state index in [1.807, 2.05) is 12.1 Å². The molecule has 39 heavy (non-hydrogen) atoms. The van der Waals surface area contributed by atoms with Crippen molar-refractivity contribution in [1.29, 1.82) is 10.8 Å². The van der Waals surface area contributed by atoms with Crippen molar-refractivity contribution in [3.05, 3.63) is 70.8 Å². The summed E-state index contributed by atoms with van der Waals surface area (Å²) in [6.45, 7) is 10.1. The van der Waals surface area contributed by atoms with Crippen LogP contribution >= 0.6 is 0 Å². The van der Waals surface area contributed by atoms with Crippen molar-refractivity contribution >= 4 is 30.0 Å². The van der Waals surface area contributed by atoms with E-state index >= 15 is 0 Å². The Balaban J connectivity index is 0.000000416. The van der Waals surface area contributed by atoms with Gasteiger partial charge in [-0.05, 0) is 45.7 Å². The SMILES string of the molecule is CCOC(=O)NC(=N)c1ccc(CN)cc1.CCOC(=O)NC(=N)c1ccc(CNC(=O)OC(C)(C)C)cc1. The molecule has 0 unspecified atom stereocenters. The van der Waals surface area contributed by atoms with Gasteiger partial charge in [-0.1, -0.05) is 48.5 Å². The quantitative estimate of drug-likeness (QED) is 0.173. The van der Waals surface area contributed by atoms with E-state index in [1.54, 1.807) is 71.0 Å². The third-order valence-electron chi connectivity index (χ3n) is 4.56. The molecule has 0 bridgehead atoms. The molecule has 0 aliphatic heterocycles. The molecule has 0 aliphatic rings. The van der Waals surface area contributed by atoms with Crippen LogP contribution in [0.5, 0.6) is 0 Å². The summed E-state index contributed by atoms with van der Waals surface area (Å²) in [5.74, 6) is -0.0304. The molecule has 0 aliphatic carbocycles. The third kappa shape index (κ3) is 13.6. The van der Waals surface area contributed by atoms with Crippen molar-refractivity contribution in [3.8, 4) is 0 Å². The number of amides is 3. The Labute approximate surface area is 228 Å². The number of hydrogen-bond acceptors (Lipinski definition) is 9. The zero-order valence-corrected chi connectivity index (χ0v) is 23.0. The predicted octanol–water partition coefficient (Wildman–Crippen LogP) is 4.00. The Hall–Kier alpha value is -4.45. The van der Waals surface area contributed by atoms with Crippen LogP contribution in [0, 0.1) is 10.8 Å². The van der Waals surface area contributed by atoms with Gasteiger partial charge in [-0.15, -0.1) is 0 Å². The Bertz CT molecular complexity index is 1110. The van der Waals surface area contributed by atoms with Crippen molar-refractivity contribution in [2.45, 2.75) is 53.3 Å². The minimum absolute atomic E-state index is 0.0158. The summed E-state index contributed by atoms with van der Waals surface area (Å²) in [5.41, 5.74) is 7.90. The molecule has 2 aromatic rings. The van der Waals surface area contributed by atoms with Gasteiger partial charge < -0.3 is 25.3 Å². The molecule has 0 saturated heterocycles. The average Bonchev–Trinajstić information content (AvgIpc) is 2.87. The van der Waals surface area contributed by atoms with Gasteiger partial charge in [0.2, 0.25) is 0 Å². The molecule has 2 aromatic carbocycles. The molecule has 0 saturated carbocycles. The Morgan fingerprint density at radius 1 is 0.744 bits per heavy atom. The molecule has 0 fully saturated rings. The van der Waals surface area contributed by atoms with Crippen molar-refractivity contribution in [1.82, 2.24) is 16.0 Å². The van der Waals surface area contributed by atoms with Crippen LogP contribution in [0.2, 0.25) is 0 Å². The smallest absolute Gasteiger partial charge is 0.412 e. The fourth-order valence-corrected chi connectivity index (χ4v) is 2.77. The number of hydrogen-bond donors (Lipinski definition) is 6. The van der Waals surface area contributed by atoms with E-state index in [4.69, 9.17) is 26.0 Å². The average molecular weight is 543 g/mol. The molecule has 0 radical (unpaired) electrons. The van der Waals surface area contributed by atoms with E-state index in [9.17, 15) is 14.4 Å². The van der Waals surface area contributed by atoms with Crippen molar-refractivity contribution in [2.24, 2.45) is 5.73 Å². The second-order valence-corrected chi connectivity index (χ2v) is 8.89. The molecule has 212 valence electrons. The minimum atomic E-state index is -0.659. The van der Waals surface area contributed by atoms with Gasteiger partial charge in [-0.2, -0.15) is 0 Å². The van der Waals surface area contributed by atoms with E-state index in [0.29, 0.717) is 24.2 Å². The van der Waals surface area contributed by atoms with Gasteiger partial charge in [-0.3, -0.25) is 21.5 Å². The van der Waals surface area contributed by atoms with Crippen LogP contribution in [0.3, 0.4) is 0 Å². The van der Waals surface area contributed by atoms with Crippen LogP contribution in [-0.2, 0) is 27.3 Å². The molecular weight excluding hydrogens is 504 g/mol. The first-order valence-electron chi connectivity index (χ1n) is 12.3. The summed E-state index contributed by atoms with van der Waals surface area (Å²) in [5, 5.41) is 22.7. The van der Waals surface area contributed by atoms with Crippen LogP contribution in [0.4, 0.5) is 14.4 Å². The first-order chi connectivity index (χ1) is 18.4. The maximum Gasteiger partial charge on any atom is 0.412 e. The highest BCUT2D eigenvalue weighted by atomic mass is 16.6. The monoisotopic (exact) mass is 542 g/mol. The lowest BCUT2D eigenvalue weighted by molar-refractivity contribution is 0.0523. The highest BCUT2D eigenvalue weighted by Gasteiger charge is 2.15. The minimum Gasteiger partial charge on any atom is -0.450 e. The van der Waals surface area contributed by atoms with Crippen LogP contribution in [0.1, 0.15) is 56.9 Å². The zero-order valence-electron chi connectivity index (χ0n) is 23.0. The van der Waals surface area contributed by atoms with E-state index in [0.717, 1.165) is 11.1 Å². The highest BCUT2D eigenvalue weighted by Crippen LogP contribution is 2.08. The van der Waals surface area contributed by atoms with Gasteiger partial charge >= 0.3 is 18.3 Å². The van der Waals surface area contributed by atoms with Crippen LogP contribution in [-0.4, -0.2) is 48.8 Å². The molecule has 3 amide bonds. The van der Waals surface area contributed by atoms with Gasteiger partial charge in [-0.25, -0.2) is 14.4 Å². The Morgan fingerprint density at radius 3 is 1.51 bits per heavy atom. The molecule has 7 N–H and O–H groups in total. The third-order valence-corrected chi connectivity index (χ3v) is 4.56. The first-order valence-corrected chi connectivity index (χ1v) is 12.3. The normalized spacial score (nSPS) is 10.2. The van der Waals surface area contributed by atoms with Gasteiger partial charge in [0, 0.05) is 24.2 Å². The lowest BCUT2D eigenvalue weighted by Crippen LogP contribution is -2.32. The standard InChI is InChI=1S/C16H23N3O4.C11H15N3O2/c1-5-22-15(21)19-13(17)12-8-6-11(7-9-12)10-18-14(20)23-16(2,3)4;1-2-16-11(15)14-10(13)9-5-3-8(7-12)4-6-9/h6-9H,5,10H2,1-4H3,(H,18,20)(H2,17,19,21);3-6H,2,7,12H2,1H3,(H2,13,14,15). The molecule has 0 heterocycles. The van der Waals surface area contributed by atoms with Crippen LogP contribution in [0.15, 0.2) is 48.5 Å². The second kappa shape index (κ2) is 16.4. The summed E-state index contributed by atoms with van der Waals surface area (Å²) in [7, 11) is 0. The molecular formula is C27H38N6O6. The number of ether oxygens (including phenoxy) is 3. The van der Waals surface area contributed by atoms with Gasteiger partial charge in [0.05, 0.1) is 13.2 Å². The number of rotatable bonds is 7. The number of nitrogens with two attached hydrogens (primary N) is 1. The number of benzene rings is 2. The molecule has 0 aromatic heterocycles. The maximum atomic E-state index is 11.6. The second-order valence-electron chi connectivity index (χ2n) is 8.89. The first kappa shape index (κ1) is 32.6. The number of amidine groups is 2. The topological polar surface area (TPSA) is 189 Å². The highest BCUT2D eigenvalue weighted by molar-refractivity contribution is 6.05. The van der Waals surface area contributed by atoms with Crippen LogP contribution in [0.25, 0.3) is 0 Å². The molecule has 2 rings (SSSR count). The largest absolute Gasteiger partial charge is 0.450 e. The number of nitrogens with one attached hydrogen (secondary N) is 5. The number of carbonyl (C=O) groups is 3. The molecule has 0 spiro atoms. The summed E-state index contributed by atoms with van der Waals surface area (Å²) in [6.07, 6.45) is -1.76. The fourth-order valence-electron chi connectivity index (χ4n) is 2.77. The Morgan fingerprint density at radius 2 is 1.15 bits per heavy atom.